The van der Waals surface area contributed by atoms with Crippen LogP contribution in [0.3, 0.4) is 0 Å². The maximum atomic E-state index is 11.5. The number of hydrogen-bond acceptors (Lipinski definition) is 5. The van der Waals surface area contributed by atoms with Gasteiger partial charge in [0.15, 0.2) is 12.3 Å². The molecule has 0 aliphatic carbocycles. The molecule has 0 bridgehead atoms. The molecule has 2 aliphatic heterocycles. The Morgan fingerprint density at radius 3 is 2.79 bits per heavy atom. The largest absolute Gasteiger partial charge is 0.462 e. The van der Waals surface area contributed by atoms with Crippen molar-refractivity contribution in [2.75, 3.05) is 6.61 Å². The van der Waals surface area contributed by atoms with Crippen molar-refractivity contribution in [1.82, 2.24) is 0 Å². The molecule has 7 heteroatoms. The minimum absolute atomic E-state index is 0.115. The fourth-order valence-electron chi connectivity index (χ4n) is 2.23. The van der Waals surface area contributed by atoms with Crippen molar-refractivity contribution in [3.8, 4) is 0 Å². The molecule has 98 valence electrons. The Morgan fingerprint density at radius 2 is 2.05 bits per heavy atom. The minimum Gasteiger partial charge on any atom is -0.462 e. The molecule has 1 aromatic carbocycles. The van der Waals surface area contributed by atoms with E-state index in [0.717, 1.165) is 5.56 Å². The van der Waals surface area contributed by atoms with Crippen LogP contribution in [0, 0.1) is 0 Å². The second-order valence-corrected chi connectivity index (χ2v) is 4.30. The van der Waals surface area contributed by atoms with E-state index in [1.54, 1.807) is 0 Å². The second kappa shape index (κ2) is 4.89. The molecule has 19 heavy (non-hydrogen) atoms. The van der Waals surface area contributed by atoms with Gasteiger partial charge < -0.3 is 14.2 Å². The fourth-order valence-corrected chi connectivity index (χ4v) is 2.23. The van der Waals surface area contributed by atoms with E-state index >= 15 is 0 Å². The second-order valence-electron chi connectivity index (χ2n) is 4.30. The predicted molar refractivity (Wildman–Crippen MR) is 62.8 cm³/mol. The first-order chi connectivity index (χ1) is 9.29. The number of hydrogen-bond donors (Lipinski definition) is 0. The molecular formula is C12H11N3O4. The van der Waals surface area contributed by atoms with E-state index < -0.39 is 30.5 Å². The lowest BCUT2D eigenvalue weighted by molar-refractivity contribution is -0.157. The summed E-state index contributed by atoms with van der Waals surface area (Å²) in [5.41, 5.74) is 9.34. The summed E-state index contributed by atoms with van der Waals surface area (Å²) in [5, 5.41) is 3.44. The standard InChI is InChI=1S/C12H11N3O4/c13-15-14-9-10-8(6-17-11(9)16)18-12(19-10)7-4-2-1-3-5-7/h1-5,8-10,12H,6H2/t8-,9+,10-,12-/m1/s1. The first-order valence-corrected chi connectivity index (χ1v) is 5.86. The minimum atomic E-state index is -0.988. The number of cyclic esters (lactones) is 1. The van der Waals surface area contributed by atoms with E-state index in [4.69, 9.17) is 19.7 Å². The molecule has 0 radical (unpaired) electrons. The fraction of sp³-hybridized carbons (Fsp3) is 0.417. The number of rotatable bonds is 2. The number of carbonyl (C=O) groups excluding carboxylic acids is 1. The van der Waals surface area contributed by atoms with Crippen molar-refractivity contribution in [2.45, 2.75) is 24.5 Å². The smallest absolute Gasteiger partial charge is 0.317 e. The number of carbonyl (C=O) groups is 1. The van der Waals surface area contributed by atoms with E-state index in [-0.39, 0.29) is 6.61 Å². The zero-order valence-corrected chi connectivity index (χ0v) is 9.88. The Hall–Kier alpha value is -2.08. The Balaban J connectivity index is 1.83. The maximum absolute atomic E-state index is 11.5. The van der Waals surface area contributed by atoms with Crippen molar-refractivity contribution < 1.29 is 19.0 Å². The van der Waals surface area contributed by atoms with Crippen LogP contribution in [0.15, 0.2) is 35.4 Å². The van der Waals surface area contributed by atoms with E-state index in [9.17, 15) is 4.79 Å². The molecule has 2 saturated heterocycles. The van der Waals surface area contributed by atoms with Crippen LogP contribution in [-0.4, -0.2) is 30.8 Å². The molecule has 4 atom stereocenters. The van der Waals surface area contributed by atoms with Gasteiger partial charge in [-0.15, -0.1) is 0 Å². The third kappa shape index (κ3) is 2.15. The lowest BCUT2D eigenvalue weighted by Gasteiger charge is -2.26. The normalized spacial score (nSPS) is 33.2. The van der Waals surface area contributed by atoms with Gasteiger partial charge in [0.05, 0.1) is 0 Å². The van der Waals surface area contributed by atoms with Crippen molar-refractivity contribution >= 4 is 5.97 Å². The Bertz CT molecular complexity index is 529. The van der Waals surface area contributed by atoms with Crippen molar-refractivity contribution in [2.24, 2.45) is 5.11 Å². The maximum Gasteiger partial charge on any atom is 0.317 e. The average Bonchev–Trinajstić information content (AvgIpc) is 2.87. The number of azide groups is 1. The highest BCUT2D eigenvalue weighted by Crippen LogP contribution is 2.35. The molecule has 0 saturated carbocycles. The monoisotopic (exact) mass is 261 g/mol. The summed E-state index contributed by atoms with van der Waals surface area (Å²) < 4.78 is 16.3. The van der Waals surface area contributed by atoms with Crippen molar-refractivity contribution in [3.05, 3.63) is 46.3 Å². The highest BCUT2D eigenvalue weighted by Gasteiger charge is 2.48. The van der Waals surface area contributed by atoms with Crippen LogP contribution in [0.2, 0.25) is 0 Å². The zero-order valence-electron chi connectivity index (χ0n) is 9.88. The highest BCUT2D eigenvalue weighted by molar-refractivity contribution is 5.77. The van der Waals surface area contributed by atoms with Gasteiger partial charge in [0, 0.05) is 10.5 Å². The molecule has 0 spiro atoms. The molecule has 0 amide bonds. The quantitative estimate of drug-likeness (QED) is 0.350. The van der Waals surface area contributed by atoms with E-state index in [2.05, 4.69) is 10.0 Å². The molecule has 0 unspecified atom stereocenters. The first-order valence-electron chi connectivity index (χ1n) is 5.86. The number of ether oxygens (including phenoxy) is 3. The predicted octanol–water partition coefficient (Wildman–Crippen LogP) is 1.70. The van der Waals surface area contributed by atoms with Crippen molar-refractivity contribution in [1.29, 1.82) is 0 Å². The highest BCUT2D eigenvalue weighted by atomic mass is 16.7. The van der Waals surface area contributed by atoms with Crippen LogP contribution in [-0.2, 0) is 19.0 Å². The van der Waals surface area contributed by atoms with Crippen LogP contribution in [0.25, 0.3) is 10.4 Å². The molecule has 0 N–H and O–H groups in total. The lowest BCUT2D eigenvalue weighted by atomic mass is 10.0. The number of benzene rings is 1. The molecule has 0 aromatic heterocycles. The van der Waals surface area contributed by atoms with Gasteiger partial charge in [-0.05, 0) is 5.53 Å². The van der Waals surface area contributed by atoms with Gasteiger partial charge in [0.2, 0.25) is 0 Å². The Morgan fingerprint density at radius 1 is 1.26 bits per heavy atom. The summed E-state index contributed by atoms with van der Waals surface area (Å²) in [6.45, 7) is 0.115. The number of fused-ring (bicyclic) bond motifs is 1. The zero-order chi connectivity index (χ0) is 13.2. The van der Waals surface area contributed by atoms with Gasteiger partial charge in [-0.2, -0.15) is 0 Å². The number of nitrogens with zero attached hydrogens (tertiary/aromatic N) is 3. The van der Waals surface area contributed by atoms with Crippen LogP contribution in [0.5, 0.6) is 0 Å². The molecule has 2 aliphatic rings. The summed E-state index contributed by atoms with van der Waals surface area (Å²) in [6.07, 6.45) is -1.57. The Labute approximate surface area is 108 Å². The summed E-state index contributed by atoms with van der Waals surface area (Å²) in [5.74, 6) is -0.573. The summed E-state index contributed by atoms with van der Waals surface area (Å²) in [6, 6.07) is 8.38. The van der Waals surface area contributed by atoms with Crippen LogP contribution < -0.4 is 0 Å². The summed E-state index contributed by atoms with van der Waals surface area (Å²) >= 11 is 0. The van der Waals surface area contributed by atoms with Gasteiger partial charge in [-0.1, -0.05) is 35.4 Å². The van der Waals surface area contributed by atoms with Crippen molar-refractivity contribution in [3.63, 3.8) is 0 Å². The van der Waals surface area contributed by atoms with Crippen LogP contribution in [0.1, 0.15) is 11.9 Å². The van der Waals surface area contributed by atoms with Gasteiger partial charge in [-0.25, -0.2) is 0 Å². The van der Waals surface area contributed by atoms with Crippen LogP contribution >= 0.6 is 0 Å². The average molecular weight is 261 g/mol. The lowest BCUT2D eigenvalue weighted by Crippen LogP contribution is -2.47. The van der Waals surface area contributed by atoms with E-state index in [1.807, 2.05) is 30.3 Å². The molecular weight excluding hydrogens is 250 g/mol. The van der Waals surface area contributed by atoms with E-state index in [1.165, 1.54) is 0 Å². The molecule has 1 aromatic rings. The summed E-state index contributed by atoms with van der Waals surface area (Å²) in [4.78, 5) is 14.2. The van der Waals surface area contributed by atoms with Gasteiger partial charge in [-0.3, -0.25) is 4.79 Å². The number of esters is 1. The molecule has 2 fully saturated rings. The van der Waals surface area contributed by atoms with Crippen LogP contribution in [0.4, 0.5) is 0 Å². The topological polar surface area (TPSA) is 93.5 Å². The molecule has 7 nitrogen and oxygen atoms in total. The van der Waals surface area contributed by atoms with Gasteiger partial charge >= 0.3 is 5.97 Å². The van der Waals surface area contributed by atoms with Gasteiger partial charge in [0.25, 0.3) is 0 Å². The SMILES string of the molecule is [N-]=[N+]=N[C@@H]1C(=O)OC[C@H]2O[C@@H](c3ccccc3)O[C@@H]12. The first kappa shape index (κ1) is 12.0. The van der Waals surface area contributed by atoms with Gasteiger partial charge in [0.1, 0.15) is 18.8 Å². The van der Waals surface area contributed by atoms with E-state index in [0.29, 0.717) is 0 Å². The Kier molecular flexibility index (Phi) is 3.08. The molecule has 2 heterocycles. The molecule has 3 rings (SSSR count). The third-order valence-corrected chi connectivity index (χ3v) is 3.14. The third-order valence-electron chi connectivity index (χ3n) is 3.14. The summed E-state index contributed by atoms with van der Waals surface area (Å²) in [7, 11) is 0.